The maximum absolute atomic E-state index is 13.9. The minimum atomic E-state index is -0.210. The van der Waals surface area contributed by atoms with E-state index in [1.807, 2.05) is 17.0 Å². The van der Waals surface area contributed by atoms with E-state index in [9.17, 15) is 9.59 Å². The van der Waals surface area contributed by atoms with Crippen LogP contribution in [0.4, 0.5) is 0 Å². The number of nitrogens with zero attached hydrogens (tertiary/aromatic N) is 2. The first kappa shape index (κ1) is 28.0. The Morgan fingerprint density at radius 2 is 1.85 bits per heavy atom. The van der Waals surface area contributed by atoms with Crippen molar-refractivity contribution in [3.8, 4) is 17.2 Å². The largest absolute Gasteiger partial charge is 0.491 e. The second kappa shape index (κ2) is 12.3. The highest BCUT2D eigenvalue weighted by molar-refractivity contribution is 7.10. The maximum Gasteiger partial charge on any atom is 0.254 e. The molecule has 40 heavy (non-hydrogen) atoms. The van der Waals surface area contributed by atoms with Crippen molar-refractivity contribution < 1.29 is 23.8 Å². The summed E-state index contributed by atoms with van der Waals surface area (Å²) in [6.45, 7) is 10.1. The number of thiophene rings is 1. The Bertz CT molecular complexity index is 1340. The number of benzene rings is 2. The Hall–Kier alpha value is -3.52. The second-order valence-electron chi connectivity index (χ2n) is 11.0. The number of carbonyl (C=O) groups is 2. The van der Waals surface area contributed by atoms with Crippen LogP contribution in [0, 0.1) is 5.92 Å². The molecule has 0 saturated carbocycles. The van der Waals surface area contributed by atoms with Crippen molar-refractivity contribution in [1.29, 1.82) is 0 Å². The van der Waals surface area contributed by atoms with E-state index < -0.39 is 0 Å². The Kier molecular flexibility index (Phi) is 8.64. The van der Waals surface area contributed by atoms with E-state index in [1.165, 1.54) is 10.4 Å². The summed E-state index contributed by atoms with van der Waals surface area (Å²) in [7, 11) is 0. The summed E-state index contributed by atoms with van der Waals surface area (Å²) in [5.74, 6) is 2.42. The van der Waals surface area contributed by atoms with Gasteiger partial charge in [-0.05, 0) is 71.2 Å². The highest BCUT2D eigenvalue weighted by Gasteiger charge is 2.34. The van der Waals surface area contributed by atoms with Crippen molar-refractivity contribution in [3.05, 3.63) is 75.5 Å². The van der Waals surface area contributed by atoms with E-state index >= 15 is 0 Å². The van der Waals surface area contributed by atoms with Gasteiger partial charge in [-0.25, -0.2) is 0 Å². The van der Waals surface area contributed by atoms with Gasteiger partial charge >= 0.3 is 0 Å². The molecule has 0 bridgehead atoms. The summed E-state index contributed by atoms with van der Waals surface area (Å²) < 4.78 is 17.1. The van der Waals surface area contributed by atoms with Gasteiger partial charge in [0.15, 0.2) is 11.5 Å². The predicted octanol–water partition coefficient (Wildman–Crippen LogP) is 6.29. The molecule has 2 amide bonds. The fourth-order valence-corrected chi connectivity index (χ4v) is 6.12. The smallest absolute Gasteiger partial charge is 0.254 e. The Balaban J connectivity index is 1.34. The highest BCUT2D eigenvalue weighted by atomic mass is 32.1. The lowest BCUT2D eigenvalue weighted by atomic mass is 10.00. The summed E-state index contributed by atoms with van der Waals surface area (Å²) in [6, 6.07) is 15.3. The van der Waals surface area contributed by atoms with Crippen LogP contribution in [-0.4, -0.2) is 54.6 Å². The van der Waals surface area contributed by atoms with Crippen LogP contribution in [0.15, 0.2) is 53.9 Å². The number of hydrogen-bond donors (Lipinski definition) is 0. The van der Waals surface area contributed by atoms with Crippen LogP contribution in [0.5, 0.6) is 17.2 Å². The van der Waals surface area contributed by atoms with Gasteiger partial charge in [-0.3, -0.25) is 9.59 Å². The van der Waals surface area contributed by atoms with Crippen LogP contribution in [0.25, 0.3) is 0 Å². The van der Waals surface area contributed by atoms with Crippen LogP contribution >= 0.6 is 11.3 Å². The monoisotopic (exact) mass is 562 g/mol. The summed E-state index contributed by atoms with van der Waals surface area (Å²) in [4.78, 5) is 32.5. The first-order chi connectivity index (χ1) is 19.3. The zero-order valence-electron chi connectivity index (χ0n) is 23.7. The fraction of sp³-hybridized carbons (Fsp3) is 0.438. The molecular weight excluding hydrogens is 524 g/mol. The van der Waals surface area contributed by atoms with Gasteiger partial charge in [0.1, 0.15) is 18.9 Å². The molecule has 3 heterocycles. The zero-order chi connectivity index (χ0) is 28.2. The van der Waals surface area contributed by atoms with Gasteiger partial charge in [-0.1, -0.05) is 46.2 Å². The van der Waals surface area contributed by atoms with Crippen LogP contribution in [0.1, 0.15) is 72.4 Å². The van der Waals surface area contributed by atoms with Crippen molar-refractivity contribution in [2.24, 2.45) is 5.92 Å². The van der Waals surface area contributed by atoms with E-state index in [4.69, 9.17) is 14.2 Å². The molecule has 5 rings (SSSR count). The van der Waals surface area contributed by atoms with Crippen molar-refractivity contribution in [2.75, 3.05) is 33.0 Å². The molecule has 1 aromatic heterocycles. The molecular formula is C32H38N2O5S. The van der Waals surface area contributed by atoms with Crippen molar-refractivity contribution in [1.82, 2.24) is 9.80 Å². The normalized spacial score (nSPS) is 16.5. The SMILES string of the molecule is CC[C@@H](C)CN(CC(=O)N1CCc2sccc2[C@H]1COc1ccc(C(C)C)cc1)C(=O)c1ccc2c(c1)OCO2. The minimum Gasteiger partial charge on any atom is -0.491 e. The molecule has 2 atom stereocenters. The summed E-state index contributed by atoms with van der Waals surface area (Å²) in [5.41, 5.74) is 2.89. The minimum absolute atomic E-state index is 0.0106. The van der Waals surface area contributed by atoms with E-state index in [0.717, 1.165) is 24.2 Å². The molecule has 8 heteroatoms. The van der Waals surface area contributed by atoms with Crippen molar-refractivity contribution in [2.45, 2.75) is 52.5 Å². The molecule has 0 aliphatic carbocycles. The maximum atomic E-state index is 13.9. The molecule has 0 unspecified atom stereocenters. The van der Waals surface area contributed by atoms with Gasteiger partial charge in [0.25, 0.3) is 5.91 Å². The van der Waals surface area contributed by atoms with Gasteiger partial charge in [0.2, 0.25) is 12.7 Å². The third-order valence-corrected chi connectivity index (χ3v) is 8.83. The standard InChI is InChI=1S/C32H38N2O5S/c1-5-22(4)17-33(32(36)24-8-11-28-29(16-24)39-20-38-28)18-31(35)34-14-12-30-26(13-15-40-30)27(34)19-37-25-9-6-23(7-10-25)21(2)3/h6-11,13,15-16,21-22,27H,5,12,14,17-20H2,1-4H3/t22-,27-/m1/s1. The Morgan fingerprint density at radius 1 is 1.07 bits per heavy atom. The second-order valence-corrected chi connectivity index (χ2v) is 12.0. The average molecular weight is 563 g/mol. The summed E-state index contributed by atoms with van der Waals surface area (Å²) in [5, 5.41) is 2.08. The van der Waals surface area contributed by atoms with Gasteiger partial charge < -0.3 is 24.0 Å². The van der Waals surface area contributed by atoms with Crippen molar-refractivity contribution in [3.63, 3.8) is 0 Å². The fourth-order valence-electron chi connectivity index (χ4n) is 5.19. The van der Waals surface area contributed by atoms with Crippen LogP contribution in [0.2, 0.25) is 0 Å². The highest BCUT2D eigenvalue weighted by Crippen LogP contribution is 2.35. The molecule has 0 N–H and O–H groups in total. The molecule has 7 nitrogen and oxygen atoms in total. The number of fused-ring (bicyclic) bond motifs is 2. The number of amides is 2. The number of ether oxygens (including phenoxy) is 3. The lowest BCUT2D eigenvalue weighted by Crippen LogP contribution is -2.48. The lowest BCUT2D eigenvalue weighted by Gasteiger charge is -2.37. The molecule has 3 aromatic rings. The van der Waals surface area contributed by atoms with Crippen LogP contribution in [0.3, 0.4) is 0 Å². The molecule has 0 fully saturated rings. The third-order valence-electron chi connectivity index (χ3n) is 7.83. The first-order valence-corrected chi connectivity index (χ1v) is 15.0. The topological polar surface area (TPSA) is 68.3 Å². The van der Waals surface area contributed by atoms with E-state index in [0.29, 0.717) is 42.7 Å². The van der Waals surface area contributed by atoms with Gasteiger partial charge in [-0.15, -0.1) is 11.3 Å². The number of carbonyl (C=O) groups excluding carboxylic acids is 2. The summed E-state index contributed by atoms with van der Waals surface area (Å²) in [6.07, 6.45) is 1.72. The first-order valence-electron chi connectivity index (χ1n) is 14.1. The summed E-state index contributed by atoms with van der Waals surface area (Å²) >= 11 is 1.73. The zero-order valence-corrected chi connectivity index (χ0v) is 24.5. The Morgan fingerprint density at radius 3 is 2.60 bits per heavy atom. The molecule has 2 aliphatic heterocycles. The molecule has 0 saturated heterocycles. The molecule has 2 aliphatic rings. The number of rotatable bonds is 10. The lowest BCUT2D eigenvalue weighted by molar-refractivity contribution is -0.135. The van der Waals surface area contributed by atoms with Gasteiger partial charge in [0.05, 0.1) is 6.04 Å². The van der Waals surface area contributed by atoms with E-state index in [2.05, 4.69) is 51.3 Å². The molecule has 2 aromatic carbocycles. The molecule has 0 radical (unpaired) electrons. The van der Waals surface area contributed by atoms with Gasteiger partial charge in [-0.2, -0.15) is 0 Å². The van der Waals surface area contributed by atoms with E-state index in [1.54, 1.807) is 34.4 Å². The van der Waals surface area contributed by atoms with Crippen LogP contribution < -0.4 is 14.2 Å². The average Bonchev–Trinajstić information content (AvgIpc) is 3.64. The van der Waals surface area contributed by atoms with Gasteiger partial charge in [0, 0.05) is 23.5 Å². The number of hydrogen-bond acceptors (Lipinski definition) is 6. The van der Waals surface area contributed by atoms with E-state index in [-0.39, 0.29) is 37.1 Å². The predicted molar refractivity (Wildman–Crippen MR) is 156 cm³/mol. The molecule has 212 valence electrons. The third kappa shape index (κ3) is 6.12. The van der Waals surface area contributed by atoms with Crippen molar-refractivity contribution >= 4 is 23.2 Å². The quantitative estimate of drug-likeness (QED) is 0.290. The Labute approximate surface area is 240 Å². The van der Waals surface area contributed by atoms with Crippen LogP contribution in [-0.2, 0) is 11.2 Å². The molecule has 0 spiro atoms.